The third kappa shape index (κ3) is 5.08. The summed E-state index contributed by atoms with van der Waals surface area (Å²) in [5.41, 5.74) is 3.02. The van der Waals surface area contributed by atoms with E-state index in [2.05, 4.69) is 32.7 Å². The number of para-hydroxylation sites is 1. The number of benzene rings is 2. The minimum absolute atomic E-state index is 0.213. The first kappa shape index (κ1) is 17.5. The molecule has 3 aromatic rings. The largest absolute Gasteiger partial charge is 0.355 e. The molecule has 3 rings (SSSR count). The van der Waals surface area contributed by atoms with Gasteiger partial charge in [-0.25, -0.2) is 9.78 Å². The number of hydrogen-bond acceptors (Lipinski definition) is 3. The maximum absolute atomic E-state index is 11.9. The molecule has 0 saturated heterocycles. The zero-order valence-corrected chi connectivity index (χ0v) is 14.7. The van der Waals surface area contributed by atoms with Gasteiger partial charge in [-0.15, -0.1) is 0 Å². The van der Waals surface area contributed by atoms with Crippen LogP contribution in [0.4, 0.5) is 16.3 Å². The van der Waals surface area contributed by atoms with Crippen LogP contribution in [0.5, 0.6) is 0 Å². The molecule has 0 atom stereocenters. The number of rotatable bonds is 6. The van der Waals surface area contributed by atoms with E-state index in [1.807, 2.05) is 67.7 Å². The Kier molecular flexibility index (Phi) is 5.83. The zero-order valence-electron chi connectivity index (χ0n) is 14.7. The minimum atomic E-state index is -0.213. The summed E-state index contributed by atoms with van der Waals surface area (Å²) in [4.78, 5) is 18.4. The standard InChI is InChI=1S/C21H22N4O/c1-25(20-9-5-6-14-22-20)16-18-12-10-17(11-13-18)15-23-21(26)24-19-7-3-2-4-8-19/h2-14H,15-16H2,1H3,(H2,23,24,26). The van der Waals surface area contributed by atoms with Crippen molar-refractivity contribution in [2.75, 3.05) is 17.3 Å². The van der Waals surface area contributed by atoms with Gasteiger partial charge >= 0.3 is 6.03 Å². The number of carbonyl (C=O) groups excluding carboxylic acids is 1. The fourth-order valence-corrected chi connectivity index (χ4v) is 2.58. The van der Waals surface area contributed by atoms with Crippen LogP contribution in [0.1, 0.15) is 11.1 Å². The Balaban J connectivity index is 1.49. The average Bonchev–Trinajstić information content (AvgIpc) is 2.69. The van der Waals surface area contributed by atoms with E-state index in [1.165, 1.54) is 5.56 Å². The second-order valence-corrected chi connectivity index (χ2v) is 6.03. The van der Waals surface area contributed by atoms with Crippen molar-refractivity contribution in [2.24, 2.45) is 0 Å². The molecule has 5 heteroatoms. The first-order valence-electron chi connectivity index (χ1n) is 8.50. The Hall–Kier alpha value is -3.34. The van der Waals surface area contributed by atoms with Crippen molar-refractivity contribution in [1.29, 1.82) is 0 Å². The summed E-state index contributed by atoms with van der Waals surface area (Å²) in [6, 6.07) is 23.3. The van der Waals surface area contributed by atoms with Gasteiger partial charge in [-0.05, 0) is 35.4 Å². The summed E-state index contributed by atoms with van der Waals surface area (Å²) in [6.45, 7) is 1.26. The summed E-state index contributed by atoms with van der Waals surface area (Å²) < 4.78 is 0. The molecule has 0 aliphatic carbocycles. The molecule has 0 spiro atoms. The molecule has 26 heavy (non-hydrogen) atoms. The lowest BCUT2D eigenvalue weighted by Gasteiger charge is -2.18. The highest BCUT2D eigenvalue weighted by Crippen LogP contribution is 2.12. The van der Waals surface area contributed by atoms with E-state index < -0.39 is 0 Å². The van der Waals surface area contributed by atoms with E-state index in [-0.39, 0.29) is 6.03 Å². The first-order valence-corrected chi connectivity index (χ1v) is 8.50. The van der Waals surface area contributed by atoms with E-state index >= 15 is 0 Å². The van der Waals surface area contributed by atoms with Gasteiger partial charge in [0.15, 0.2) is 0 Å². The number of hydrogen-bond donors (Lipinski definition) is 2. The second-order valence-electron chi connectivity index (χ2n) is 6.03. The lowest BCUT2D eigenvalue weighted by Crippen LogP contribution is -2.28. The van der Waals surface area contributed by atoms with Crippen LogP contribution in [0.25, 0.3) is 0 Å². The summed E-state index contributed by atoms with van der Waals surface area (Å²) in [5, 5.41) is 5.67. The van der Waals surface area contributed by atoms with Gasteiger partial charge in [0.05, 0.1) is 0 Å². The number of carbonyl (C=O) groups is 1. The van der Waals surface area contributed by atoms with E-state index in [0.29, 0.717) is 6.54 Å². The molecule has 0 unspecified atom stereocenters. The molecule has 1 aromatic heterocycles. The van der Waals surface area contributed by atoms with Crippen molar-refractivity contribution >= 4 is 17.5 Å². The van der Waals surface area contributed by atoms with Crippen molar-refractivity contribution in [1.82, 2.24) is 10.3 Å². The van der Waals surface area contributed by atoms with Crippen LogP contribution < -0.4 is 15.5 Å². The van der Waals surface area contributed by atoms with Gasteiger partial charge < -0.3 is 15.5 Å². The molecule has 5 nitrogen and oxygen atoms in total. The first-order chi connectivity index (χ1) is 12.7. The van der Waals surface area contributed by atoms with Gasteiger partial charge in [-0.3, -0.25) is 0 Å². The summed E-state index contributed by atoms with van der Waals surface area (Å²) in [5.74, 6) is 0.941. The Labute approximate surface area is 153 Å². The molecular formula is C21H22N4O. The second kappa shape index (κ2) is 8.67. The summed E-state index contributed by atoms with van der Waals surface area (Å²) >= 11 is 0. The number of anilines is 2. The van der Waals surface area contributed by atoms with Crippen LogP contribution in [-0.4, -0.2) is 18.1 Å². The Morgan fingerprint density at radius 2 is 1.62 bits per heavy atom. The highest BCUT2D eigenvalue weighted by molar-refractivity contribution is 5.89. The highest BCUT2D eigenvalue weighted by Gasteiger charge is 2.04. The lowest BCUT2D eigenvalue weighted by molar-refractivity contribution is 0.251. The molecule has 0 bridgehead atoms. The molecule has 2 amide bonds. The van der Waals surface area contributed by atoms with Crippen molar-refractivity contribution in [3.05, 3.63) is 90.1 Å². The van der Waals surface area contributed by atoms with Gasteiger partial charge in [-0.2, -0.15) is 0 Å². The fourth-order valence-electron chi connectivity index (χ4n) is 2.58. The predicted octanol–water partition coefficient (Wildman–Crippen LogP) is 4.04. The Morgan fingerprint density at radius 1 is 0.923 bits per heavy atom. The number of nitrogens with zero attached hydrogens (tertiary/aromatic N) is 2. The average molecular weight is 346 g/mol. The van der Waals surface area contributed by atoms with Crippen LogP contribution in [0.3, 0.4) is 0 Å². The third-order valence-corrected chi connectivity index (χ3v) is 3.97. The maximum Gasteiger partial charge on any atom is 0.319 e. The third-order valence-electron chi connectivity index (χ3n) is 3.97. The van der Waals surface area contributed by atoms with E-state index in [9.17, 15) is 4.79 Å². The molecule has 0 aliphatic rings. The molecular weight excluding hydrogens is 324 g/mol. The predicted molar refractivity (Wildman–Crippen MR) is 105 cm³/mol. The van der Waals surface area contributed by atoms with Crippen LogP contribution in [-0.2, 0) is 13.1 Å². The van der Waals surface area contributed by atoms with Gasteiger partial charge in [0.1, 0.15) is 5.82 Å². The molecule has 1 heterocycles. The number of aromatic nitrogens is 1. The summed E-state index contributed by atoms with van der Waals surface area (Å²) in [6.07, 6.45) is 1.79. The topological polar surface area (TPSA) is 57.3 Å². The number of pyridine rings is 1. The van der Waals surface area contributed by atoms with Crippen LogP contribution in [0.2, 0.25) is 0 Å². The van der Waals surface area contributed by atoms with Gasteiger partial charge in [0, 0.05) is 32.0 Å². The van der Waals surface area contributed by atoms with E-state index in [4.69, 9.17) is 0 Å². The van der Waals surface area contributed by atoms with Crippen LogP contribution >= 0.6 is 0 Å². The fraction of sp³-hybridized carbons (Fsp3) is 0.143. The number of urea groups is 1. The van der Waals surface area contributed by atoms with Crippen LogP contribution in [0.15, 0.2) is 79.0 Å². The number of nitrogens with one attached hydrogen (secondary N) is 2. The zero-order chi connectivity index (χ0) is 18.2. The molecule has 2 N–H and O–H groups in total. The normalized spacial score (nSPS) is 10.2. The van der Waals surface area contributed by atoms with Crippen molar-refractivity contribution in [3.63, 3.8) is 0 Å². The SMILES string of the molecule is CN(Cc1ccc(CNC(=O)Nc2ccccc2)cc1)c1ccccn1. The minimum Gasteiger partial charge on any atom is -0.355 e. The highest BCUT2D eigenvalue weighted by atomic mass is 16.2. The quantitative estimate of drug-likeness (QED) is 0.708. The van der Waals surface area contributed by atoms with Gasteiger partial charge in [0.2, 0.25) is 0 Å². The molecule has 132 valence electrons. The molecule has 0 saturated carbocycles. The van der Waals surface area contributed by atoms with Crippen molar-refractivity contribution in [3.8, 4) is 0 Å². The molecule has 0 fully saturated rings. The Bertz CT molecular complexity index is 820. The Morgan fingerprint density at radius 3 is 2.31 bits per heavy atom. The van der Waals surface area contributed by atoms with E-state index in [0.717, 1.165) is 23.6 Å². The smallest absolute Gasteiger partial charge is 0.319 e. The molecule has 0 radical (unpaired) electrons. The number of amides is 2. The lowest BCUT2D eigenvalue weighted by atomic mass is 10.1. The molecule has 0 aliphatic heterocycles. The van der Waals surface area contributed by atoms with E-state index in [1.54, 1.807) is 6.20 Å². The van der Waals surface area contributed by atoms with Crippen molar-refractivity contribution < 1.29 is 4.79 Å². The van der Waals surface area contributed by atoms with Gasteiger partial charge in [0.25, 0.3) is 0 Å². The monoisotopic (exact) mass is 346 g/mol. The van der Waals surface area contributed by atoms with Crippen molar-refractivity contribution in [2.45, 2.75) is 13.1 Å². The summed E-state index contributed by atoms with van der Waals surface area (Å²) in [7, 11) is 2.02. The van der Waals surface area contributed by atoms with Gasteiger partial charge in [-0.1, -0.05) is 48.5 Å². The maximum atomic E-state index is 11.9. The molecule has 2 aromatic carbocycles. The van der Waals surface area contributed by atoms with Crippen LogP contribution in [0, 0.1) is 0 Å².